The molecule has 0 saturated carbocycles. The van der Waals surface area contributed by atoms with Gasteiger partial charge in [-0.15, -0.1) is 24.8 Å². The highest BCUT2D eigenvalue weighted by Crippen LogP contribution is 2.05. The zero-order valence-electron chi connectivity index (χ0n) is 8.46. The summed E-state index contributed by atoms with van der Waals surface area (Å²) in [6.45, 7) is 1.51. The van der Waals surface area contributed by atoms with E-state index in [1.165, 1.54) is 0 Å². The van der Waals surface area contributed by atoms with Gasteiger partial charge >= 0.3 is 11.9 Å². The van der Waals surface area contributed by atoms with Crippen LogP contribution in [0.2, 0.25) is 0 Å². The molecule has 0 atom stereocenters. The smallest absolute Gasteiger partial charge is 0.310 e. The van der Waals surface area contributed by atoms with Crippen molar-refractivity contribution in [1.29, 1.82) is 0 Å². The Morgan fingerprint density at radius 1 is 1.25 bits per heavy atom. The zero-order valence-corrected chi connectivity index (χ0v) is 10.1. The fraction of sp³-hybridized carbons (Fsp3) is 0.625. The Bertz CT molecular complexity index is 283. The number of carboxylic acids is 2. The number of rotatable bonds is 5. The average molecular weight is 273 g/mol. The number of hydrogen-bond donors (Lipinski definition) is 2. The van der Waals surface area contributed by atoms with Crippen LogP contribution in [0.15, 0.2) is 4.99 Å². The number of hydrogen-bond acceptors (Lipinski definition) is 4. The summed E-state index contributed by atoms with van der Waals surface area (Å²) < 4.78 is 0. The second-order valence-electron chi connectivity index (χ2n) is 3.00. The van der Waals surface area contributed by atoms with Gasteiger partial charge in [-0.1, -0.05) is 0 Å². The van der Waals surface area contributed by atoms with Crippen molar-refractivity contribution in [3.8, 4) is 0 Å². The van der Waals surface area contributed by atoms with Crippen molar-refractivity contribution < 1.29 is 19.8 Å². The minimum absolute atomic E-state index is 0. The molecule has 16 heavy (non-hydrogen) atoms. The SMILES string of the molecule is Cl.Cl.O=C(O)CCN1CCN=C1CC(=O)O. The third kappa shape index (κ3) is 5.77. The first-order valence-corrected chi connectivity index (χ1v) is 4.31. The Labute approximate surface area is 105 Å². The van der Waals surface area contributed by atoms with E-state index in [-0.39, 0.29) is 37.7 Å². The normalized spacial score (nSPS) is 13.5. The molecule has 0 aromatic carbocycles. The topological polar surface area (TPSA) is 90.2 Å². The van der Waals surface area contributed by atoms with Crippen LogP contribution in [0, 0.1) is 0 Å². The fourth-order valence-electron chi connectivity index (χ4n) is 1.30. The Balaban J connectivity index is 0. The predicted octanol–water partition coefficient (Wildman–Crippen LogP) is 0.493. The van der Waals surface area contributed by atoms with Gasteiger partial charge in [0.05, 0.1) is 13.0 Å². The predicted molar refractivity (Wildman–Crippen MR) is 62.9 cm³/mol. The van der Waals surface area contributed by atoms with E-state index in [9.17, 15) is 9.59 Å². The monoisotopic (exact) mass is 272 g/mol. The lowest BCUT2D eigenvalue weighted by atomic mass is 10.3. The van der Waals surface area contributed by atoms with Crippen LogP contribution in [0.3, 0.4) is 0 Å². The third-order valence-corrected chi connectivity index (χ3v) is 1.93. The van der Waals surface area contributed by atoms with E-state index >= 15 is 0 Å². The molecule has 1 rings (SSSR count). The quantitative estimate of drug-likeness (QED) is 0.761. The van der Waals surface area contributed by atoms with Gasteiger partial charge < -0.3 is 15.1 Å². The van der Waals surface area contributed by atoms with Crippen LogP contribution in [0.1, 0.15) is 12.8 Å². The number of aliphatic carboxylic acids is 2. The van der Waals surface area contributed by atoms with Crippen molar-refractivity contribution in [3.63, 3.8) is 0 Å². The minimum Gasteiger partial charge on any atom is -0.481 e. The number of carbonyl (C=O) groups is 2. The van der Waals surface area contributed by atoms with E-state index in [2.05, 4.69) is 4.99 Å². The molecule has 0 aromatic heterocycles. The molecule has 1 heterocycles. The standard InChI is InChI=1S/C8H12N2O4.2ClH/c11-7(12)1-3-10-4-2-9-6(10)5-8(13)14;;/h1-5H2,(H,11,12)(H,13,14);2*1H. The Kier molecular flexibility index (Phi) is 8.89. The molecular formula is C8H14Cl2N2O4. The second kappa shape index (κ2) is 8.18. The first-order valence-electron chi connectivity index (χ1n) is 4.31. The lowest BCUT2D eigenvalue weighted by molar-refractivity contribution is -0.137. The highest BCUT2D eigenvalue weighted by Gasteiger charge is 2.19. The zero-order chi connectivity index (χ0) is 10.6. The Morgan fingerprint density at radius 2 is 1.88 bits per heavy atom. The van der Waals surface area contributed by atoms with Gasteiger partial charge in [-0.2, -0.15) is 0 Å². The van der Waals surface area contributed by atoms with Gasteiger partial charge in [-0.3, -0.25) is 14.6 Å². The van der Waals surface area contributed by atoms with Crippen LogP contribution >= 0.6 is 24.8 Å². The van der Waals surface area contributed by atoms with Gasteiger partial charge in [-0.25, -0.2) is 0 Å². The molecule has 0 saturated heterocycles. The van der Waals surface area contributed by atoms with Gasteiger partial charge in [-0.05, 0) is 0 Å². The fourth-order valence-corrected chi connectivity index (χ4v) is 1.30. The van der Waals surface area contributed by atoms with Crippen LogP contribution in [0.4, 0.5) is 0 Å². The Hall–Kier alpha value is -1.01. The van der Waals surface area contributed by atoms with Gasteiger partial charge in [0.2, 0.25) is 0 Å². The summed E-state index contributed by atoms with van der Waals surface area (Å²) in [6, 6.07) is 0. The number of amidine groups is 1. The summed E-state index contributed by atoms with van der Waals surface area (Å²) in [7, 11) is 0. The largest absolute Gasteiger partial charge is 0.481 e. The molecule has 1 aliphatic rings. The van der Waals surface area contributed by atoms with E-state index in [1.807, 2.05) is 0 Å². The van der Waals surface area contributed by atoms with Crippen LogP contribution < -0.4 is 0 Å². The van der Waals surface area contributed by atoms with E-state index in [0.717, 1.165) is 0 Å². The van der Waals surface area contributed by atoms with Crippen LogP contribution in [-0.4, -0.2) is 52.5 Å². The molecule has 0 spiro atoms. The first-order chi connectivity index (χ1) is 6.59. The van der Waals surface area contributed by atoms with Crippen LogP contribution in [0.25, 0.3) is 0 Å². The maximum Gasteiger partial charge on any atom is 0.310 e. The summed E-state index contributed by atoms with van der Waals surface area (Å²) in [6.07, 6.45) is -0.113. The second-order valence-corrected chi connectivity index (χ2v) is 3.00. The Morgan fingerprint density at radius 3 is 2.38 bits per heavy atom. The molecule has 0 unspecified atom stereocenters. The summed E-state index contributed by atoms with van der Waals surface area (Å²) in [5.41, 5.74) is 0. The van der Waals surface area contributed by atoms with Gasteiger partial charge in [0.1, 0.15) is 12.3 Å². The van der Waals surface area contributed by atoms with Crippen molar-refractivity contribution in [3.05, 3.63) is 0 Å². The van der Waals surface area contributed by atoms with E-state index < -0.39 is 11.9 Å². The molecule has 2 N–H and O–H groups in total. The third-order valence-electron chi connectivity index (χ3n) is 1.93. The molecule has 0 amide bonds. The van der Waals surface area contributed by atoms with Crippen molar-refractivity contribution in [2.45, 2.75) is 12.8 Å². The average Bonchev–Trinajstić information content (AvgIpc) is 2.47. The lowest BCUT2D eigenvalue weighted by Gasteiger charge is -2.17. The molecule has 8 heteroatoms. The van der Waals surface area contributed by atoms with E-state index in [4.69, 9.17) is 10.2 Å². The van der Waals surface area contributed by atoms with Crippen molar-refractivity contribution in [1.82, 2.24) is 4.90 Å². The van der Waals surface area contributed by atoms with Crippen molar-refractivity contribution in [2.24, 2.45) is 4.99 Å². The van der Waals surface area contributed by atoms with Crippen molar-refractivity contribution in [2.75, 3.05) is 19.6 Å². The van der Waals surface area contributed by atoms with Crippen LogP contribution in [0.5, 0.6) is 0 Å². The molecule has 0 bridgehead atoms. The number of carboxylic acid groups (broad SMARTS) is 2. The molecule has 0 radical (unpaired) electrons. The summed E-state index contributed by atoms with van der Waals surface area (Å²) in [5.74, 6) is -1.34. The molecule has 0 fully saturated rings. The maximum absolute atomic E-state index is 10.4. The first kappa shape index (κ1) is 17.4. The van der Waals surface area contributed by atoms with Gasteiger partial charge in [0.25, 0.3) is 0 Å². The maximum atomic E-state index is 10.4. The van der Waals surface area contributed by atoms with E-state index in [1.54, 1.807) is 4.90 Å². The van der Waals surface area contributed by atoms with E-state index in [0.29, 0.717) is 25.5 Å². The lowest BCUT2D eigenvalue weighted by Crippen LogP contribution is -2.31. The minimum atomic E-state index is -0.939. The highest BCUT2D eigenvalue weighted by molar-refractivity contribution is 5.97. The molecule has 1 aliphatic heterocycles. The summed E-state index contributed by atoms with van der Waals surface area (Å²) >= 11 is 0. The molecule has 94 valence electrons. The molecule has 0 aromatic rings. The number of halogens is 2. The van der Waals surface area contributed by atoms with Crippen LogP contribution in [-0.2, 0) is 9.59 Å². The van der Waals surface area contributed by atoms with Gasteiger partial charge in [0, 0.05) is 13.1 Å². The molecular weight excluding hydrogens is 259 g/mol. The molecule has 6 nitrogen and oxygen atoms in total. The van der Waals surface area contributed by atoms with Gasteiger partial charge in [0.15, 0.2) is 0 Å². The summed E-state index contributed by atoms with van der Waals surface area (Å²) in [5, 5.41) is 17.0. The summed E-state index contributed by atoms with van der Waals surface area (Å²) in [4.78, 5) is 26.4. The van der Waals surface area contributed by atoms with Crippen molar-refractivity contribution >= 4 is 42.6 Å². The molecule has 0 aliphatic carbocycles. The highest BCUT2D eigenvalue weighted by atomic mass is 35.5. The number of aliphatic imine (C=N–C) groups is 1. The number of nitrogens with zero attached hydrogens (tertiary/aromatic N) is 2.